The number of rotatable bonds is 4. The minimum atomic E-state index is -0.241. The number of aliphatic hydroxyl groups is 1. The molecule has 0 aliphatic carbocycles. The number of halogens is 1. The molecule has 0 radical (unpaired) electrons. The molecule has 0 fully saturated rings. The van der Waals surface area contributed by atoms with Crippen molar-refractivity contribution in [2.24, 2.45) is 0 Å². The van der Waals surface area contributed by atoms with E-state index in [2.05, 4.69) is 21.2 Å². The van der Waals surface area contributed by atoms with Gasteiger partial charge in [-0.15, -0.1) is 0 Å². The molecule has 72 valence electrons. The highest BCUT2D eigenvalue weighted by atomic mass is 79.9. The third kappa shape index (κ3) is 3.79. The second kappa shape index (κ2) is 5.25. The molecule has 0 saturated heterocycles. The van der Waals surface area contributed by atoms with Crippen LogP contribution in [-0.2, 0) is 0 Å². The number of anilines is 1. The zero-order chi connectivity index (χ0) is 9.68. The number of hydrogen-bond donors (Lipinski definition) is 2. The SMILES string of the molecule is CC(O)CCNc1ccccc1Br. The average molecular weight is 244 g/mol. The number of aliphatic hydroxyl groups excluding tert-OH is 1. The zero-order valence-corrected chi connectivity index (χ0v) is 9.21. The van der Waals surface area contributed by atoms with Crippen LogP contribution in [0.15, 0.2) is 28.7 Å². The van der Waals surface area contributed by atoms with Crippen molar-refractivity contribution in [1.82, 2.24) is 0 Å². The maximum Gasteiger partial charge on any atom is 0.0528 e. The minimum Gasteiger partial charge on any atom is -0.393 e. The van der Waals surface area contributed by atoms with Crippen LogP contribution in [0, 0.1) is 0 Å². The van der Waals surface area contributed by atoms with Gasteiger partial charge in [0, 0.05) is 16.7 Å². The van der Waals surface area contributed by atoms with E-state index in [-0.39, 0.29) is 6.10 Å². The van der Waals surface area contributed by atoms with E-state index in [1.807, 2.05) is 24.3 Å². The molecule has 0 spiro atoms. The van der Waals surface area contributed by atoms with E-state index in [1.165, 1.54) is 0 Å². The fourth-order valence-corrected chi connectivity index (χ4v) is 1.45. The quantitative estimate of drug-likeness (QED) is 0.853. The highest BCUT2D eigenvalue weighted by Gasteiger charge is 1.98. The monoisotopic (exact) mass is 243 g/mol. The summed E-state index contributed by atoms with van der Waals surface area (Å²) < 4.78 is 1.06. The topological polar surface area (TPSA) is 32.3 Å². The molecule has 0 amide bonds. The largest absolute Gasteiger partial charge is 0.393 e. The highest BCUT2D eigenvalue weighted by molar-refractivity contribution is 9.10. The van der Waals surface area contributed by atoms with Crippen LogP contribution >= 0.6 is 15.9 Å². The molecular formula is C10H14BrNO. The first-order valence-electron chi connectivity index (χ1n) is 4.36. The smallest absolute Gasteiger partial charge is 0.0528 e. The van der Waals surface area contributed by atoms with Crippen molar-refractivity contribution in [2.45, 2.75) is 19.4 Å². The fraction of sp³-hybridized carbons (Fsp3) is 0.400. The summed E-state index contributed by atoms with van der Waals surface area (Å²) in [6.45, 7) is 2.59. The lowest BCUT2D eigenvalue weighted by Crippen LogP contribution is -2.09. The molecule has 2 nitrogen and oxygen atoms in total. The Balaban J connectivity index is 2.41. The van der Waals surface area contributed by atoms with Crippen molar-refractivity contribution in [3.63, 3.8) is 0 Å². The van der Waals surface area contributed by atoms with E-state index in [0.29, 0.717) is 0 Å². The van der Waals surface area contributed by atoms with Gasteiger partial charge in [-0.05, 0) is 41.4 Å². The van der Waals surface area contributed by atoms with Crippen LogP contribution in [0.5, 0.6) is 0 Å². The molecule has 0 aliphatic heterocycles. The first-order valence-corrected chi connectivity index (χ1v) is 5.16. The van der Waals surface area contributed by atoms with Crippen molar-refractivity contribution >= 4 is 21.6 Å². The Bertz CT molecular complexity index is 263. The zero-order valence-electron chi connectivity index (χ0n) is 7.63. The lowest BCUT2D eigenvalue weighted by Gasteiger charge is -2.09. The van der Waals surface area contributed by atoms with E-state index < -0.39 is 0 Å². The second-order valence-corrected chi connectivity index (χ2v) is 3.90. The van der Waals surface area contributed by atoms with Crippen molar-refractivity contribution in [1.29, 1.82) is 0 Å². The van der Waals surface area contributed by atoms with Gasteiger partial charge in [0.25, 0.3) is 0 Å². The number of para-hydroxylation sites is 1. The van der Waals surface area contributed by atoms with Gasteiger partial charge in [-0.2, -0.15) is 0 Å². The molecule has 0 saturated carbocycles. The number of benzene rings is 1. The summed E-state index contributed by atoms with van der Waals surface area (Å²) >= 11 is 3.44. The summed E-state index contributed by atoms with van der Waals surface area (Å²) in [7, 11) is 0. The summed E-state index contributed by atoms with van der Waals surface area (Å²) in [4.78, 5) is 0. The van der Waals surface area contributed by atoms with E-state index in [4.69, 9.17) is 5.11 Å². The standard InChI is InChI=1S/C10H14BrNO/c1-8(13)6-7-12-10-5-3-2-4-9(10)11/h2-5,8,12-13H,6-7H2,1H3. The number of nitrogens with one attached hydrogen (secondary N) is 1. The normalized spacial score (nSPS) is 12.5. The van der Waals surface area contributed by atoms with Gasteiger partial charge >= 0.3 is 0 Å². The summed E-state index contributed by atoms with van der Waals surface area (Å²) in [6, 6.07) is 7.95. The molecule has 2 N–H and O–H groups in total. The molecule has 0 bridgehead atoms. The summed E-state index contributed by atoms with van der Waals surface area (Å²) in [5.41, 5.74) is 1.07. The summed E-state index contributed by atoms with van der Waals surface area (Å²) in [5, 5.41) is 12.3. The van der Waals surface area contributed by atoms with Gasteiger partial charge < -0.3 is 10.4 Å². The van der Waals surface area contributed by atoms with Gasteiger partial charge in [0.2, 0.25) is 0 Å². The molecule has 1 rings (SSSR count). The van der Waals surface area contributed by atoms with E-state index in [1.54, 1.807) is 6.92 Å². The van der Waals surface area contributed by atoms with Crippen LogP contribution in [0.25, 0.3) is 0 Å². The van der Waals surface area contributed by atoms with Gasteiger partial charge in [0.15, 0.2) is 0 Å². The first-order chi connectivity index (χ1) is 6.20. The van der Waals surface area contributed by atoms with Crippen molar-refractivity contribution < 1.29 is 5.11 Å². The third-order valence-electron chi connectivity index (χ3n) is 1.75. The Hall–Kier alpha value is -0.540. The van der Waals surface area contributed by atoms with Gasteiger partial charge in [0.1, 0.15) is 0 Å². The molecule has 0 aliphatic rings. The molecule has 0 aromatic heterocycles. The molecule has 1 unspecified atom stereocenters. The average Bonchev–Trinajstić information content (AvgIpc) is 2.08. The van der Waals surface area contributed by atoms with E-state index in [0.717, 1.165) is 23.1 Å². The van der Waals surface area contributed by atoms with Crippen LogP contribution < -0.4 is 5.32 Å². The molecule has 3 heteroatoms. The Morgan fingerprint density at radius 1 is 1.46 bits per heavy atom. The fourth-order valence-electron chi connectivity index (χ4n) is 1.02. The van der Waals surface area contributed by atoms with Gasteiger partial charge in [-0.3, -0.25) is 0 Å². The molecule has 1 atom stereocenters. The highest BCUT2D eigenvalue weighted by Crippen LogP contribution is 2.20. The molecular weight excluding hydrogens is 230 g/mol. The van der Waals surface area contributed by atoms with Crippen molar-refractivity contribution in [2.75, 3.05) is 11.9 Å². The Morgan fingerprint density at radius 3 is 2.77 bits per heavy atom. The minimum absolute atomic E-state index is 0.241. The Morgan fingerprint density at radius 2 is 2.15 bits per heavy atom. The molecule has 1 aromatic rings. The van der Waals surface area contributed by atoms with Crippen LogP contribution in [-0.4, -0.2) is 17.8 Å². The summed E-state index contributed by atoms with van der Waals surface area (Å²) in [5.74, 6) is 0. The lowest BCUT2D eigenvalue weighted by atomic mass is 10.2. The maximum absolute atomic E-state index is 9.05. The molecule has 0 heterocycles. The Kier molecular flexibility index (Phi) is 4.25. The predicted octanol–water partition coefficient (Wildman–Crippen LogP) is 2.63. The summed E-state index contributed by atoms with van der Waals surface area (Å²) in [6.07, 6.45) is 0.524. The van der Waals surface area contributed by atoms with Crippen LogP contribution in [0.4, 0.5) is 5.69 Å². The van der Waals surface area contributed by atoms with Crippen molar-refractivity contribution in [3.05, 3.63) is 28.7 Å². The van der Waals surface area contributed by atoms with Crippen LogP contribution in [0.3, 0.4) is 0 Å². The Labute approximate surface area is 87.1 Å². The first kappa shape index (κ1) is 10.5. The maximum atomic E-state index is 9.05. The van der Waals surface area contributed by atoms with Crippen molar-refractivity contribution in [3.8, 4) is 0 Å². The van der Waals surface area contributed by atoms with Crippen LogP contribution in [0.2, 0.25) is 0 Å². The number of hydrogen-bond acceptors (Lipinski definition) is 2. The van der Waals surface area contributed by atoms with Gasteiger partial charge in [0.05, 0.1) is 6.10 Å². The second-order valence-electron chi connectivity index (χ2n) is 3.04. The molecule has 1 aromatic carbocycles. The molecule has 13 heavy (non-hydrogen) atoms. The van der Waals surface area contributed by atoms with Gasteiger partial charge in [-0.25, -0.2) is 0 Å². The van der Waals surface area contributed by atoms with Gasteiger partial charge in [-0.1, -0.05) is 12.1 Å². The van der Waals surface area contributed by atoms with E-state index in [9.17, 15) is 0 Å². The predicted molar refractivity (Wildman–Crippen MR) is 58.9 cm³/mol. The van der Waals surface area contributed by atoms with E-state index >= 15 is 0 Å². The lowest BCUT2D eigenvalue weighted by molar-refractivity contribution is 0.189. The third-order valence-corrected chi connectivity index (χ3v) is 2.44. The van der Waals surface area contributed by atoms with Crippen LogP contribution in [0.1, 0.15) is 13.3 Å².